The van der Waals surface area contributed by atoms with Crippen molar-refractivity contribution in [3.63, 3.8) is 0 Å². The summed E-state index contributed by atoms with van der Waals surface area (Å²) in [5.74, 6) is 1.39. The zero-order chi connectivity index (χ0) is 22.8. The van der Waals surface area contributed by atoms with E-state index in [-0.39, 0.29) is 5.91 Å². The van der Waals surface area contributed by atoms with Gasteiger partial charge in [0.15, 0.2) is 0 Å². The maximum absolute atomic E-state index is 12.7. The third-order valence-corrected chi connectivity index (χ3v) is 6.55. The highest BCUT2D eigenvalue weighted by Gasteiger charge is 2.44. The SMILES string of the molecule is NC(=O)C1(c2nc(-c3cccc(OCc4ccccc4)c3)c3c(N)nccn23)CCCCC1. The van der Waals surface area contributed by atoms with Crippen molar-refractivity contribution in [1.29, 1.82) is 0 Å². The van der Waals surface area contributed by atoms with Crippen LogP contribution in [0.2, 0.25) is 0 Å². The first-order chi connectivity index (χ1) is 16.1. The van der Waals surface area contributed by atoms with Gasteiger partial charge in [0.2, 0.25) is 5.91 Å². The fourth-order valence-corrected chi connectivity index (χ4v) is 4.81. The van der Waals surface area contributed by atoms with Crippen molar-refractivity contribution in [3.05, 3.63) is 78.4 Å². The van der Waals surface area contributed by atoms with Crippen molar-refractivity contribution < 1.29 is 9.53 Å². The maximum atomic E-state index is 12.7. The number of hydrogen-bond donors (Lipinski definition) is 2. The Morgan fingerprint density at radius 3 is 2.61 bits per heavy atom. The topological polar surface area (TPSA) is 109 Å². The number of ether oxygens (including phenoxy) is 1. The Balaban J connectivity index is 1.59. The van der Waals surface area contributed by atoms with Crippen LogP contribution in [0.25, 0.3) is 16.8 Å². The molecule has 1 fully saturated rings. The minimum atomic E-state index is -0.811. The predicted molar refractivity (Wildman–Crippen MR) is 128 cm³/mol. The summed E-state index contributed by atoms with van der Waals surface area (Å²) >= 11 is 0. The van der Waals surface area contributed by atoms with Gasteiger partial charge in [-0.3, -0.25) is 9.20 Å². The van der Waals surface area contributed by atoms with E-state index in [1.807, 2.05) is 65.2 Å². The highest BCUT2D eigenvalue weighted by atomic mass is 16.5. The lowest BCUT2D eigenvalue weighted by molar-refractivity contribution is -0.125. The number of nitrogen functional groups attached to an aromatic ring is 1. The minimum Gasteiger partial charge on any atom is -0.489 e. The fourth-order valence-electron chi connectivity index (χ4n) is 4.81. The molecule has 4 aromatic rings. The van der Waals surface area contributed by atoms with E-state index in [2.05, 4.69) is 4.98 Å². The molecule has 4 N–H and O–H groups in total. The summed E-state index contributed by atoms with van der Waals surface area (Å²) < 4.78 is 7.92. The Morgan fingerprint density at radius 1 is 1.06 bits per heavy atom. The van der Waals surface area contributed by atoms with E-state index in [0.717, 1.165) is 36.1 Å². The number of carbonyl (C=O) groups excluding carboxylic acids is 1. The Morgan fingerprint density at radius 2 is 1.85 bits per heavy atom. The molecular formula is C26H27N5O2. The third-order valence-electron chi connectivity index (χ3n) is 6.55. The van der Waals surface area contributed by atoms with Crippen LogP contribution in [0, 0.1) is 0 Å². The fraction of sp³-hybridized carbons (Fsp3) is 0.269. The second-order valence-electron chi connectivity index (χ2n) is 8.62. The van der Waals surface area contributed by atoms with E-state index in [9.17, 15) is 4.79 Å². The predicted octanol–water partition coefficient (Wildman–Crippen LogP) is 4.24. The van der Waals surface area contributed by atoms with Gasteiger partial charge in [0, 0.05) is 18.0 Å². The van der Waals surface area contributed by atoms with Crippen LogP contribution < -0.4 is 16.2 Å². The van der Waals surface area contributed by atoms with E-state index in [1.54, 1.807) is 6.20 Å². The molecule has 5 rings (SSSR count). The quantitative estimate of drug-likeness (QED) is 0.465. The molecule has 7 heteroatoms. The highest BCUT2D eigenvalue weighted by Crippen LogP contribution is 2.41. The summed E-state index contributed by atoms with van der Waals surface area (Å²) in [5, 5.41) is 0. The second kappa shape index (κ2) is 8.58. The van der Waals surface area contributed by atoms with Gasteiger partial charge >= 0.3 is 0 Å². The summed E-state index contributed by atoms with van der Waals surface area (Å²) in [6, 6.07) is 17.8. The van der Waals surface area contributed by atoms with Crippen LogP contribution in [0.4, 0.5) is 5.82 Å². The smallest absolute Gasteiger partial charge is 0.231 e. The lowest BCUT2D eigenvalue weighted by atomic mass is 9.72. The van der Waals surface area contributed by atoms with Gasteiger partial charge in [0.25, 0.3) is 0 Å². The van der Waals surface area contributed by atoms with Gasteiger partial charge in [-0.15, -0.1) is 0 Å². The van der Waals surface area contributed by atoms with Crippen LogP contribution in [-0.4, -0.2) is 20.3 Å². The molecule has 0 atom stereocenters. The number of primary amides is 1. The van der Waals surface area contributed by atoms with Gasteiger partial charge in [-0.25, -0.2) is 9.97 Å². The van der Waals surface area contributed by atoms with E-state index in [1.165, 1.54) is 0 Å². The van der Waals surface area contributed by atoms with Crippen LogP contribution in [0.3, 0.4) is 0 Å². The number of anilines is 1. The molecule has 0 unspecified atom stereocenters. The molecule has 2 aromatic heterocycles. The van der Waals surface area contributed by atoms with Crippen molar-refractivity contribution in [2.24, 2.45) is 5.73 Å². The molecule has 1 amide bonds. The van der Waals surface area contributed by atoms with Gasteiger partial charge < -0.3 is 16.2 Å². The van der Waals surface area contributed by atoms with E-state index < -0.39 is 5.41 Å². The van der Waals surface area contributed by atoms with Crippen molar-refractivity contribution in [2.45, 2.75) is 44.1 Å². The molecule has 0 bridgehead atoms. The van der Waals surface area contributed by atoms with E-state index >= 15 is 0 Å². The number of imidazole rings is 1. The summed E-state index contributed by atoms with van der Waals surface area (Å²) in [6.07, 6.45) is 7.79. The summed E-state index contributed by atoms with van der Waals surface area (Å²) in [5.41, 5.74) is 14.8. The molecule has 0 spiro atoms. The molecule has 0 aliphatic heterocycles. The largest absolute Gasteiger partial charge is 0.489 e. The van der Waals surface area contributed by atoms with Crippen LogP contribution >= 0.6 is 0 Å². The van der Waals surface area contributed by atoms with Crippen LogP contribution in [-0.2, 0) is 16.8 Å². The first-order valence-electron chi connectivity index (χ1n) is 11.3. The number of rotatable bonds is 6. The molecule has 7 nitrogen and oxygen atoms in total. The number of nitrogens with zero attached hydrogens (tertiary/aromatic N) is 3. The van der Waals surface area contributed by atoms with E-state index in [4.69, 9.17) is 21.2 Å². The molecule has 2 aromatic carbocycles. The average molecular weight is 442 g/mol. The molecule has 1 aliphatic carbocycles. The van der Waals surface area contributed by atoms with Crippen molar-refractivity contribution in [1.82, 2.24) is 14.4 Å². The van der Waals surface area contributed by atoms with Crippen LogP contribution in [0.1, 0.15) is 43.5 Å². The first-order valence-corrected chi connectivity index (χ1v) is 11.3. The Kier molecular flexibility index (Phi) is 5.46. The minimum absolute atomic E-state index is 0.337. The van der Waals surface area contributed by atoms with Gasteiger partial charge in [0.1, 0.15) is 40.6 Å². The van der Waals surface area contributed by atoms with Crippen LogP contribution in [0.15, 0.2) is 67.0 Å². The van der Waals surface area contributed by atoms with Crippen molar-refractivity contribution >= 4 is 17.2 Å². The number of fused-ring (bicyclic) bond motifs is 1. The Labute approximate surface area is 192 Å². The zero-order valence-electron chi connectivity index (χ0n) is 18.4. The van der Waals surface area contributed by atoms with Gasteiger partial charge in [-0.05, 0) is 30.5 Å². The zero-order valence-corrected chi connectivity index (χ0v) is 18.4. The average Bonchev–Trinajstić information content (AvgIpc) is 3.25. The third kappa shape index (κ3) is 3.80. The Bertz CT molecular complexity index is 1290. The number of hydrogen-bond acceptors (Lipinski definition) is 5. The highest BCUT2D eigenvalue weighted by molar-refractivity contribution is 5.90. The normalized spacial score (nSPS) is 15.4. The summed E-state index contributed by atoms with van der Waals surface area (Å²) in [4.78, 5) is 22.0. The molecule has 168 valence electrons. The molecule has 0 saturated heterocycles. The van der Waals surface area contributed by atoms with Crippen LogP contribution in [0.5, 0.6) is 5.75 Å². The molecule has 1 aliphatic rings. The van der Waals surface area contributed by atoms with Gasteiger partial charge in [0.05, 0.1) is 0 Å². The summed E-state index contributed by atoms with van der Waals surface area (Å²) in [6.45, 7) is 0.466. The summed E-state index contributed by atoms with van der Waals surface area (Å²) in [7, 11) is 0. The number of carbonyl (C=O) groups is 1. The second-order valence-corrected chi connectivity index (χ2v) is 8.62. The monoisotopic (exact) mass is 441 g/mol. The lowest BCUT2D eigenvalue weighted by Crippen LogP contribution is -2.44. The molecule has 33 heavy (non-hydrogen) atoms. The first kappa shape index (κ1) is 21.0. The molecule has 1 saturated carbocycles. The number of amides is 1. The number of nitrogens with two attached hydrogens (primary N) is 2. The standard InChI is InChI=1S/C26H27N5O2/c27-23-22-21(19-10-7-11-20(16-19)33-17-18-8-3-1-4-9-18)30-25(31(22)15-14-29-23)26(24(28)32)12-5-2-6-13-26/h1,3-4,7-11,14-16H,2,5-6,12-13,17H2,(H2,27,29)(H2,28,32). The van der Waals surface area contributed by atoms with Gasteiger partial charge in [-0.2, -0.15) is 0 Å². The van der Waals surface area contributed by atoms with Crippen molar-refractivity contribution in [2.75, 3.05) is 5.73 Å². The number of aromatic nitrogens is 3. The maximum Gasteiger partial charge on any atom is 0.231 e. The lowest BCUT2D eigenvalue weighted by Gasteiger charge is -2.33. The molecule has 2 heterocycles. The Hall–Kier alpha value is -3.87. The van der Waals surface area contributed by atoms with E-state index in [0.29, 0.717) is 42.3 Å². The molecule has 0 radical (unpaired) electrons. The number of benzene rings is 2. The molecular weight excluding hydrogens is 414 g/mol. The van der Waals surface area contributed by atoms with Gasteiger partial charge in [-0.1, -0.05) is 61.7 Å². The van der Waals surface area contributed by atoms with Crippen molar-refractivity contribution in [3.8, 4) is 17.0 Å².